The Morgan fingerprint density at radius 2 is 1.88 bits per heavy atom. The van der Waals surface area contributed by atoms with Crippen molar-refractivity contribution in [1.82, 2.24) is 4.98 Å². The number of anilines is 1. The molecule has 1 aromatic heterocycles. The summed E-state index contributed by atoms with van der Waals surface area (Å²) in [6.45, 7) is 0. The van der Waals surface area contributed by atoms with Gasteiger partial charge in [-0.2, -0.15) is 0 Å². The normalized spacial score (nSPS) is 33.3. The van der Waals surface area contributed by atoms with E-state index in [2.05, 4.69) is 48.2 Å². The number of H-pyrrole nitrogens is 1. The number of hydrogen-bond acceptors (Lipinski definition) is 4. The summed E-state index contributed by atoms with van der Waals surface area (Å²) in [5, 5.41) is 1.85. The van der Waals surface area contributed by atoms with Crippen molar-refractivity contribution in [3.63, 3.8) is 0 Å². The zero-order chi connectivity index (χ0) is 16.4. The zero-order valence-corrected chi connectivity index (χ0v) is 15.6. The first-order valence-electron chi connectivity index (χ1n) is 8.79. The SMILES string of the molecule is CN(C)c1ccc([C@@H]2c3sc(=O)[nH]c3S[C@@H]3[C@H]4CC[C@@H](C4)[C@H]23)cc1. The molecule has 0 unspecified atom stereocenters. The molecule has 0 spiro atoms. The molecule has 0 radical (unpaired) electrons. The minimum Gasteiger partial charge on any atom is -0.378 e. The van der Waals surface area contributed by atoms with Gasteiger partial charge in [0.15, 0.2) is 0 Å². The third-order valence-corrected chi connectivity index (χ3v) is 8.86. The van der Waals surface area contributed by atoms with E-state index in [0.29, 0.717) is 17.1 Å². The molecule has 5 atom stereocenters. The Balaban J connectivity index is 1.62. The second-order valence-corrected chi connectivity index (χ2v) is 9.87. The summed E-state index contributed by atoms with van der Waals surface area (Å²) in [4.78, 5) is 18.7. The molecule has 2 saturated carbocycles. The molecular formula is C19H22N2OS2. The number of nitrogens with one attached hydrogen (secondary N) is 1. The van der Waals surface area contributed by atoms with E-state index < -0.39 is 0 Å². The lowest BCUT2D eigenvalue weighted by molar-refractivity contribution is 0.307. The van der Waals surface area contributed by atoms with Gasteiger partial charge in [0.25, 0.3) is 0 Å². The van der Waals surface area contributed by atoms with Gasteiger partial charge in [-0.15, -0.1) is 11.8 Å². The molecule has 2 bridgehead atoms. The summed E-state index contributed by atoms with van der Waals surface area (Å²) in [5.74, 6) is 2.81. The van der Waals surface area contributed by atoms with Crippen LogP contribution in [0.3, 0.4) is 0 Å². The van der Waals surface area contributed by atoms with E-state index in [-0.39, 0.29) is 4.87 Å². The van der Waals surface area contributed by atoms with Crippen LogP contribution in [0.4, 0.5) is 5.69 Å². The number of fused-ring (bicyclic) bond motifs is 6. The van der Waals surface area contributed by atoms with Crippen LogP contribution < -0.4 is 9.77 Å². The number of aromatic amines is 1. The molecule has 5 heteroatoms. The molecule has 0 saturated heterocycles. The Morgan fingerprint density at radius 1 is 1.12 bits per heavy atom. The van der Waals surface area contributed by atoms with Crippen molar-refractivity contribution in [3.05, 3.63) is 44.4 Å². The Hall–Kier alpha value is -1.20. The molecule has 3 aliphatic rings. The van der Waals surface area contributed by atoms with Crippen molar-refractivity contribution < 1.29 is 0 Å². The number of thioether (sulfide) groups is 1. The lowest BCUT2D eigenvalue weighted by Gasteiger charge is -2.40. The smallest absolute Gasteiger partial charge is 0.305 e. The van der Waals surface area contributed by atoms with Gasteiger partial charge in [-0.25, -0.2) is 0 Å². The summed E-state index contributed by atoms with van der Waals surface area (Å²) >= 11 is 3.40. The van der Waals surface area contributed by atoms with Crippen molar-refractivity contribution >= 4 is 28.8 Å². The van der Waals surface area contributed by atoms with Gasteiger partial charge in [0.2, 0.25) is 0 Å². The Labute approximate surface area is 150 Å². The number of nitrogens with zero attached hydrogens (tertiary/aromatic N) is 1. The number of benzene rings is 1. The van der Waals surface area contributed by atoms with E-state index in [1.54, 1.807) is 0 Å². The van der Waals surface area contributed by atoms with Crippen LogP contribution in [0.2, 0.25) is 0 Å². The van der Waals surface area contributed by atoms with Crippen LogP contribution in [0.25, 0.3) is 0 Å². The van der Waals surface area contributed by atoms with Gasteiger partial charge in [0, 0.05) is 35.8 Å². The van der Waals surface area contributed by atoms with E-state index in [1.807, 2.05) is 11.8 Å². The molecule has 0 amide bonds. The fraction of sp³-hybridized carbons (Fsp3) is 0.526. The summed E-state index contributed by atoms with van der Waals surface area (Å²) in [6, 6.07) is 9.00. The van der Waals surface area contributed by atoms with Gasteiger partial charge in [-0.1, -0.05) is 23.5 Å². The van der Waals surface area contributed by atoms with E-state index >= 15 is 0 Å². The third kappa shape index (κ3) is 2.14. The minimum atomic E-state index is 0.106. The van der Waals surface area contributed by atoms with Gasteiger partial charge in [0.1, 0.15) is 0 Å². The molecule has 1 aliphatic heterocycles. The molecule has 1 aromatic carbocycles. The predicted octanol–water partition coefficient (Wildman–Crippen LogP) is 4.15. The standard InChI is InChI=1S/C19H22N2OS2/c1-21(2)13-7-5-10(6-8-13)14-15-11-3-4-12(9-11)16(15)23-18-17(14)24-19(22)20-18/h5-8,11-12,14-16H,3-4,9H2,1-2H3,(H,20,22)/t11-,12-,14-,15+,16+/m0/s1. The average molecular weight is 359 g/mol. The van der Waals surface area contributed by atoms with E-state index in [0.717, 1.165) is 16.9 Å². The topological polar surface area (TPSA) is 36.1 Å². The number of thiazole rings is 1. The third-order valence-electron chi connectivity index (χ3n) is 6.23. The lowest BCUT2D eigenvalue weighted by Crippen LogP contribution is -2.33. The minimum absolute atomic E-state index is 0.106. The largest absolute Gasteiger partial charge is 0.378 e. The Bertz CT molecular complexity index is 823. The van der Waals surface area contributed by atoms with Gasteiger partial charge >= 0.3 is 4.87 Å². The van der Waals surface area contributed by atoms with Crippen molar-refractivity contribution in [1.29, 1.82) is 0 Å². The van der Waals surface area contributed by atoms with Crippen LogP contribution >= 0.6 is 23.1 Å². The molecule has 3 nitrogen and oxygen atoms in total. The van der Waals surface area contributed by atoms with Gasteiger partial charge < -0.3 is 9.88 Å². The molecule has 126 valence electrons. The molecule has 2 fully saturated rings. The predicted molar refractivity (Wildman–Crippen MR) is 102 cm³/mol. The molecule has 24 heavy (non-hydrogen) atoms. The van der Waals surface area contributed by atoms with Crippen molar-refractivity contribution in [2.24, 2.45) is 17.8 Å². The molecule has 2 aromatic rings. The maximum atomic E-state index is 12.0. The second-order valence-electron chi connectivity index (χ2n) is 7.66. The van der Waals surface area contributed by atoms with Crippen LogP contribution in [-0.2, 0) is 0 Å². The summed E-state index contributed by atoms with van der Waals surface area (Å²) in [6.07, 6.45) is 4.16. The van der Waals surface area contributed by atoms with Crippen LogP contribution in [0, 0.1) is 17.8 Å². The van der Waals surface area contributed by atoms with E-state index in [1.165, 1.54) is 46.7 Å². The van der Waals surface area contributed by atoms with Crippen molar-refractivity contribution in [3.8, 4) is 0 Å². The van der Waals surface area contributed by atoms with Gasteiger partial charge in [-0.3, -0.25) is 4.79 Å². The van der Waals surface area contributed by atoms with E-state index in [4.69, 9.17) is 0 Å². The highest BCUT2D eigenvalue weighted by atomic mass is 32.2. The lowest BCUT2D eigenvalue weighted by atomic mass is 9.75. The zero-order valence-electron chi connectivity index (χ0n) is 14.0. The highest BCUT2D eigenvalue weighted by molar-refractivity contribution is 8.00. The first-order chi connectivity index (χ1) is 11.6. The number of aromatic nitrogens is 1. The fourth-order valence-corrected chi connectivity index (χ4v) is 8.10. The summed E-state index contributed by atoms with van der Waals surface area (Å²) in [7, 11) is 4.16. The van der Waals surface area contributed by atoms with Crippen molar-refractivity contribution in [2.75, 3.05) is 19.0 Å². The maximum absolute atomic E-state index is 12.0. The van der Waals surface area contributed by atoms with Crippen LogP contribution in [0.1, 0.15) is 35.6 Å². The molecule has 2 aliphatic carbocycles. The fourth-order valence-electron chi connectivity index (χ4n) is 5.20. The summed E-state index contributed by atoms with van der Waals surface area (Å²) < 4.78 is 0. The van der Waals surface area contributed by atoms with E-state index in [9.17, 15) is 4.79 Å². The monoisotopic (exact) mass is 358 g/mol. The highest BCUT2D eigenvalue weighted by Gasteiger charge is 2.54. The Morgan fingerprint density at radius 3 is 2.62 bits per heavy atom. The first-order valence-corrected chi connectivity index (χ1v) is 10.5. The molecular weight excluding hydrogens is 336 g/mol. The summed E-state index contributed by atoms with van der Waals surface area (Å²) in [5.41, 5.74) is 2.62. The van der Waals surface area contributed by atoms with Crippen molar-refractivity contribution in [2.45, 2.75) is 35.5 Å². The quantitative estimate of drug-likeness (QED) is 0.876. The van der Waals surface area contributed by atoms with Crippen LogP contribution in [-0.4, -0.2) is 24.3 Å². The Kier molecular flexibility index (Phi) is 3.39. The number of rotatable bonds is 2. The van der Waals surface area contributed by atoms with Gasteiger partial charge in [-0.05, 0) is 54.7 Å². The number of hydrogen-bond donors (Lipinski definition) is 1. The average Bonchev–Trinajstić information content (AvgIpc) is 3.26. The first kappa shape index (κ1) is 15.1. The molecule has 1 N–H and O–H groups in total. The second kappa shape index (κ2) is 5.40. The molecule has 5 rings (SSSR count). The van der Waals surface area contributed by atoms with Crippen LogP contribution in [0.15, 0.2) is 34.1 Å². The highest BCUT2D eigenvalue weighted by Crippen LogP contribution is 2.63. The van der Waals surface area contributed by atoms with Gasteiger partial charge in [0.05, 0.1) is 5.03 Å². The van der Waals surface area contributed by atoms with Crippen LogP contribution in [0.5, 0.6) is 0 Å². The molecule has 2 heterocycles. The maximum Gasteiger partial charge on any atom is 0.305 e.